The predicted molar refractivity (Wildman–Crippen MR) is 107 cm³/mol. The van der Waals surface area contributed by atoms with E-state index in [1.54, 1.807) is 0 Å². The Hall–Kier alpha value is -2.05. The zero-order valence-corrected chi connectivity index (χ0v) is 16.6. The molecule has 0 saturated carbocycles. The van der Waals surface area contributed by atoms with Gasteiger partial charge in [-0.15, -0.1) is 0 Å². The molecule has 6 heteroatoms. The first-order valence-electron chi connectivity index (χ1n) is 9.44. The molecule has 0 bridgehead atoms. The van der Waals surface area contributed by atoms with E-state index in [4.69, 9.17) is 9.47 Å². The lowest BCUT2D eigenvalue weighted by atomic mass is 10.00. The fourth-order valence-corrected chi connectivity index (χ4v) is 4.61. The van der Waals surface area contributed by atoms with E-state index in [0.29, 0.717) is 6.54 Å². The molecule has 3 heterocycles. The fraction of sp³-hybridized carbons (Fsp3) is 0.381. The Morgan fingerprint density at radius 3 is 2.67 bits per heavy atom. The van der Waals surface area contributed by atoms with Gasteiger partial charge in [-0.05, 0) is 43.5 Å². The van der Waals surface area contributed by atoms with Gasteiger partial charge in [0.2, 0.25) is 6.79 Å². The average Bonchev–Trinajstić information content (AvgIpc) is 3.17. The quantitative estimate of drug-likeness (QED) is 0.736. The first-order valence-corrected chi connectivity index (χ1v) is 10.2. The minimum absolute atomic E-state index is 0.248. The fourth-order valence-electron chi connectivity index (χ4n) is 4.35. The lowest BCUT2D eigenvalue weighted by molar-refractivity contribution is -0.534. The highest BCUT2D eigenvalue weighted by atomic mass is 79.9. The Kier molecular flexibility index (Phi) is 4.13. The summed E-state index contributed by atoms with van der Waals surface area (Å²) in [5.74, 6) is 2.68. The van der Waals surface area contributed by atoms with Crippen molar-refractivity contribution >= 4 is 27.5 Å². The van der Waals surface area contributed by atoms with Gasteiger partial charge in [0.15, 0.2) is 18.0 Å². The van der Waals surface area contributed by atoms with Crippen LogP contribution in [-0.2, 0) is 5.72 Å². The molecule has 0 aromatic heterocycles. The van der Waals surface area contributed by atoms with Crippen LogP contribution in [0.1, 0.15) is 31.2 Å². The maximum atomic E-state index is 11.9. The van der Waals surface area contributed by atoms with Crippen molar-refractivity contribution < 1.29 is 19.2 Å². The molecule has 3 aliphatic heterocycles. The molecule has 0 unspecified atom stereocenters. The second-order valence-electron chi connectivity index (χ2n) is 7.34. The van der Waals surface area contributed by atoms with E-state index >= 15 is 0 Å². The molecule has 0 spiro atoms. The SMILES string of the molecule is O[C@@]1(c2ccc(Br)cc2)C[N+]2=C(CCCCC2)N1c1ccc2c(c1)OCO2. The summed E-state index contributed by atoms with van der Waals surface area (Å²) in [6.45, 7) is 1.80. The van der Waals surface area contributed by atoms with Crippen molar-refractivity contribution in [1.82, 2.24) is 0 Å². The smallest absolute Gasteiger partial charge is 0.275 e. The van der Waals surface area contributed by atoms with Crippen LogP contribution < -0.4 is 14.4 Å². The number of fused-ring (bicyclic) bond motifs is 1. The van der Waals surface area contributed by atoms with Crippen LogP contribution in [0.2, 0.25) is 0 Å². The molecule has 0 aliphatic carbocycles. The summed E-state index contributed by atoms with van der Waals surface area (Å²) in [6.07, 6.45) is 4.50. The Labute approximate surface area is 167 Å². The second-order valence-corrected chi connectivity index (χ2v) is 8.26. The normalized spacial score (nSPS) is 24.1. The van der Waals surface area contributed by atoms with Gasteiger partial charge in [-0.1, -0.05) is 28.1 Å². The van der Waals surface area contributed by atoms with Gasteiger partial charge in [0.05, 0.1) is 6.54 Å². The number of amidine groups is 1. The van der Waals surface area contributed by atoms with Crippen LogP contribution in [0.5, 0.6) is 11.5 Å². The van der Waals surface area contributed by atoms with E-state index in [1.165, 1.54) is 12.3 Å². The number of hydrogen-bond acceptors (Lipinski definition) is 4. The monoisotopic (exact) mass is 429 g/mol. The number of rotatable bonds is 2. The summed E-state index contributed by atoms with van der Waals surface area (Å²) in [4.78, 5) is 2.10. The van der Waals surface area contributed by atoms with Crippen molar-refractivity contribution in [2.24, 2.45) is 0 Å². The predicted octanol–water partition coefficient (Wildman–Crippen LogP) is 3.83. The Morgan fingerprint density at radius 1 is 1.00 bits per heavy atom. The van der Waals surface area contributed by atoms with Gasteiger partial charge >= 0.3 is 0 Å². The zero-order valence-electron chi connectivity index (χ0n) is 15.0. The number of aliphatic hydroxyl groups is 1. The van der Waals surface area contributed by atoms with Crippen molar-refractivity contribution in [1.29, 1.82) is 0 Å². The molecule has 5 rings (SSSR count). The van der Waals surface area contributed by atoms with Crippen molar-refractivity contribution in [3.63, 3.8) is 0 Å². The summed E-state index contributed by atoms with van der Waals surface area (Å²) >= 11 is 3.50. The van der Waals surface area contributed by atoms with Crippen molar-refractivity contribution in [3.8, 4) is 11.5 Å². The highest BCUT2D eigenvalue weighted by molar-refractivity contribution is 9.10. The van der Waals surface area contributed by atoms with Crippen LogP contribution in [0.15, 0.2) is 46.9 Å². The van der Waals surface area contributed by atoms with Crippen LogP contribution in [0, 0.1) is 0 Å². The number of ether oxygens (including phenoxy) is 2. The maximum Gasteiger partial charge on any atom is 0.275 e. The summed E-state index contributed by atoms with van der Waals surface area (Å²) in [6, 6.07) is 13.9. The van der Waals surface area contributed by atoms with Gasteiger partial charge < -0.3 is 14.6 Å². The first kappa shape index (κ1) is 17.1. The van der Waals surface area contributed by atoms with E-state index < -0.39 is 5.72 Å². The minimum Gasteiger partial charge on any atom is -0.454 e. The van der Waals surface area contributed by atoms with E-state index in [9.17, 15) is 5.11 Å². The highest BCUT2D eigenvalue weighted by Crippen LogP contribution is 2.42. The van der Waals surface area contributed by atoms with Gasteiger partial charge in [-0.25, -0.2) is 0 Å². The lowest BCUT2D eigenvalue weighted by Crippen LogP contribution is -2.47. The maximum absolute atomic E-state index is 11.9. The molecule has 0 radical (unpaired) electrons. The van der Waals surface area contributed by atoms with E-state index in [-0.39, 0.29) is 6.79 Å². The first-order chi connectivity index (χ1) is 13.1. The number of anilines is 1. The zero-order chi connectivity index (χ0) is 18.4. The molecule has 27 heavy (non-hydrogen) atoms. The van der Waals surface area contributed by atoms with E-state index in [1.807, 2.05) is 42.5 Å². The molecule has 0 fully saturated rings. The minimum atomic E-state index is -1.11. The van der Waals surface area contributed by atoms with E-state index in [0.717, 1.165) is 53.0 Å². The van der Waals surface area contributed by atoms with Crippen LogP contribution in [-0.4, -0.2) is 35.4 Å². The molecule has 1 N–H and O–H groups in total. The number of hydrogen-bond donors (Lipinski definition) is 1. The van der Waals surface area contributed by atoms with Crippen molar-refractivity contribution in [3.05, 3.63) is 52.5 Å². The average molecular weight is 430 g/mol. The van der Waals surface area contributed by atoms with Gasteiger partial charge in [0.1, 0.15) is 5.69 Å². The Morgan fingerprint density at radius 2 is 1.81 bits per heavy atom. The highest BCUT2D eigenvalue weighted by Gasteiger charge is 2.54. The molecule has 2 aromatic rings. The van der Waals surface area contributed by atoms with Gasteiger partial charge in [0, 0.05) is 22.5 Å². The van der Waals surface area contributed by atoms with Crippen LogP contribution in [0.4, 0.5) is 5.69 Å². The molecule has 3 aliphatic rings. The molecular formula is C21H22BrN2O3+. The molecule has 140 valence electrons. The third kappa shape index (κ3) is 2.82. The second kappa shape index (κ2) is 6.53. The Balaban J connectivity index is 1.63. The van der Waals surface area contributed by atoms with Crippen LogP contribution in [0.3, 0.4) is 0 Å². The summed E-state index contributed by atoms with van der Waals surface area (Å²) in [5.41, 5.74) is 0.717. The van der Waals surface area contributed by atoms with Gasteiger partial charge in [-0.3, -0.25) is 4.58 Å². The third-order valence-corrected chi connectivity index (χ3v) is 6.18. The summed E-state index contributed by atoms with van der Waals surface area (Å²) in [5, 5.41) is 11.9. The third-order valence-electron chi connectivity index (χ3n) is 5.65. The van der Waals surface area contributed by atoms with Crippen molar-refractivity contribution in [2.45, 2.75) is 31.4 Å². The largest absolute Gasteiger partial charge is 0.454 e. The lowest BCUT2D eigenvalue weighted by Gasteiger charge is -2.29. The van der Waals surface area contributed by atoms with Crippen molar-refractivity contribution in [2.75, 3.05) is 24.8 Å². The van der Waals surface area contributed by atoms with E-state index in [2.05, 4.69) is 25.4 Å². The molecular weight excluding hydrogens is 408 g/mol. The molecule has 0 amide bonds. The van der Waals surface area contributed by atoms with Crippen LogP contribution >= 0.6 is 15.9 Å². The number of halogens is 1. The van der Waals surface area contributed by atoms with Gasteiger partial charge in [0.25, 0.3) is 11.6 Å². The van der Waals surface area contributed by atoms with Gasteiger partial charge in [-0.2, -0.15) is 4.90 Å². The Bertz CT molecular complexity index is 912. The molecule has 2 aromatic carbocycles. The number of nitrogens with zero attached hydrogens (tertiary/aromatic N) is 2. The molecule has 5 nitrogen and oxygen atoms in total. The summed E-state index contributed by atoms with van der Waals surface area (Å²) in [7, 11) is 0. The molecule has 0 saturated heterocycles. The molecule has 1 atom stereocenters. The summed E-state index contributed by atoms with van der Waals surface area (Å²) < 4.78 is 14.4. The standard InChI is InChI=1S/C21H22BrN2O3/c22-16-7-5-15(6-8-16)21(25)13-23-11-3-1-2-4-20(23)24(21)17-9-10-18-19(12-17)27-14-26-18/h5-10,12,25H,1-4,11,13-14H2/q+1/t21-/m1/s1. The number of benzene rings is 2. The topological polar surface area (TPSA) is 44.9 Å². The van der Waals surface area contributed by atoms with Crippen LogP contribution in [0.25, 0.3) is 0 Å².